The minimum absolute atomic E-state index is 0.116. The van der Waals surface area contributed by atoms with Crippen molar-refractivity contribution in [1.82, 2.24) is 5.32 Å². The highest BCUT2D eigenvalue weighted by molar-refractivity contribution is 8.00. The van der Waals surface area contributed by atoms with Gasteiger partial charge in [0, 0.05) is 21.8 Å². The van der Waals surface area contributed by atoms with Crippen molar-refractivity contribution in [2.75, 3.05) is 10.6 Å². The highest BCUT2D eigenvalue weighted by Crippen LogP contribution is 2.37. The molecule has 226 valence electrons. The van der Waals surface area contributed by atoms with Gasteiger partial charge < -0.3 is 16.0 Å². The zero-order chi connectivity index (χ0) is 31.6. The Kier molecular flexibility index (Phi) is 10.6. The molecule has 8 heteroatoms. The molecule has 5 aromatic rings. The second-order valence-electron chi connectivity index (χ2n) is 10.6. The number of nitrogens with one attached hydrogen (secondary N) is 3. The van der Waals surface area contributed by atoms with E-state index in [9.17, 15) is 14.4 Å². The fourth-order valence-corrected chi connectivity index (χ4v) is 6.21. The van der Waals surface area contributed by atoms with Gasteiger partial charge in [0.25, 0.3) is 11.8 Å². The first-order valence-corrected chi connectivity index (χ1v) is 16.3. The molecule has 0 aliphatic rings. The fourth-order valence-electron chi connectivity index (χ4n) is 4.51. The molecule has 0 saturated heterocycles. The smallest absolute Gasteiger partial charge is 0.272 e. The van der Waals surface area contributed by atoms with Crippen molar-refractivity contribution in [2.45, 2.75) is 29.9 Å². The third kappa shape index (κ3) is 8.81. The van der Waals surface area contributed by atoms with Crippen molar-refractivity contribution in [2.24, 2.45) is 0 Å². The first-order valence-electron chi connectivity index (χ1n) is 14.5. The number of hydrogen-bond donors (Lipinski definition) is 3. The van der Waals surface area contributed by atoms with Gasteiger partial charge in [-0.2, -0.15) is 11.3 Å². The maximum absolute atomic E-state index is 13.6. The van der Waals surface area contributed by atoms with Gasteiger partial charge in [-0.05, 0) is 88.0 Å². The predicted molar refractivity (Wildman–Crippen MR) is 185 cm³/mol. The van der Waals surface area contributed by atoms with Crippen LogP contribution in [0.2, 0.25) is 0 Å². The second-order valence-corrected chi connectivity index (χ2v) is 12.5. The van der Waals surface area contributed by atoms with E-state index in [0.717, 1.165) is 21.7 Å². The Labute approximate surface area is 271 Å². The maximum Gasteiger partial charge on any atom is 0.272 e. The molecule has 1 heterocycles. The van der Waals surface area contributed by atoms with Gasteiger partial charge in [-0.3, -0.25) is 14.4 Å². The largest absolute Gasteiger partial charge is 0.325 e. The van der Waals surface area contributed by atoms with Gasteiger partial charge in [-0.1, -0.05) is 80.6 Å². The Hall–Kier alpha value is -4.92. The van der Waals surface area contributed by atoms with Crippen molar-refractivity contribution < 1.29 is 14.4 Å². The summed E-state index contributed by atoms with van der Waals surface area (Å²) in [4.78, 5) is 40.8. The summed E-state index contributed by atoms with van der Waals surface area (Å²) >= 11 is 2.89. The van der Waals surface area contributed by atoms with Gasteiger partial charge in [0.2, 0.25) is 5.91 Å². The number of thiophene rings is 1. The van der Waals surface area contributed by atoms with E-state index < -0.39 is 11.2 Å². The molecule has 6 nitrogen and oxygen atoms in total. The van der Waals surface area contributed by atoms with Crippen molar-refractivity contribution in [3.05, 3.63) is 154 Å². The molecule has 1 atom stereocenters. The summed E-state index contributed by atoms with van der Waals surface area (Å²) in [7, 11) is 0. The molecule has 45 heavy (non-hydrogen) atoms. The minimum Gasteiger partial charge on any atom is -0.325 e. The Morgan fingerprint density at radius 1 is 0.733 bits per heavy atom. The molecule has 3 amide bonds. The normalized spacial score (nSPS) is 11.9. The lowest BCUT2D eigenvalue weighted by molar-refractivity contribution is -0.116. The zero-order valence-corrected chi connectivity index (χ0v) is 26.5. The molecule has 0 fully saturated rings. The number of anilines is 2. The van der Waals surface area contributed by atoms with Gasteiger partial charge in [-0.25, -0.2) is 0 Å². The molecule has 3 N–H and O–H groups in total. The van der Waals surface area contributed by atoms with Crippen LogP contribution in [0.5, 0.6) is 0 Å². The second kappa shape index (κ2) is 15.2. The van der Waals surface area contributed by atoms with Crippen molar-refractivity contribution in [3.8, 4) is 0 Å². The summed E-state index contributed by atoms with van der Waals surface area (Å²) < 4.78 is 0. The van der Waals surface area contributed by atoms with Gasteiger partial charge in [-0.15, -0.1) is 11.8 Å². The van der Waals surface area contributed by atoms with Gasteiger partial charge in [0.1, 0.15) is 10.9 Å². The molecular weight excluding hydrogens is 599 g/mol. The summed E-state index contributed by atoms with van der Waals surface area (Å²) in [5.41, 5.74) is 4.69. The van der Waals surface area contributed by atoms with E-state index in [4.69, 9.17) is 0 Å². The molecule has 0 aliphatic heterocycles. The molecule has 0 bridgehead atoms. The van der Waals surface area contributed by atoms with Gasteiger partial charge >= 0.3 is 0 Å². The van der Waals surface area contributed by atoms with E-state index >= 15 is 0 Å². The Morgan fingerprint density at radius 3 is 2.11 bits per heavy atom. The number of amides is 3. The predicted octanol–water partition coefficient (Wildman–Crippen LogP) is 8.75. The minimum atomic E-state index is -0.541. The third-order valence-corrected chi connectivity index (χ3v) is 8.86. The lowest BCUT2D eigenvalue weighted by Gasteiger charge is -2.18. The highest BCUT2D eigenvalue weighted by Gasteiger charge is 2.23. The quantitative estimate of drug-likeness (QED) is 0.100. The molecule has 1 aromatic heterocycles. The first kappa shape index (κ1) is 31.5. The summed E-state index contributed by atoms with van der Waals surface area (Å²) in [6.45, 7) is 4.27. The molecule has 0 saturated carbocycles. The van der Waals surface area contributed by atoms with E-state index in [1.165, 1.54) is 28.7 Å². The molecular formula is C37H33N3O3S2. The summed E-state index contributed by atoms with van der Waals surface area (Å²) in [5, 5.41) is 12.0. The Balaban J connectivity index is 1.34. The van der Waals surface area contributed by atoms with Crippen LogP contribution in [-0.2, 0) is 9.59 Å². The number of rotatable bonds is 11. The SMILES string of the molecule is CC(C)c1ccc(NC(=O)C(Sc2cccc(NC(=O)/C(=C/c3ccsc3)NC(=O)c3ccccc3)c2)c2ccccc2)cc1. The number of carbonyl (C=O) groups excluding carboxylic acids is 3. The Morgan fingerprint density at radius 2 is 1.44 bits per heavy atom. The highest BCUT2D eigenvalue weighted by atomic mass is 32.2. The topological polar surface area (TPSA) is 87.3 Å². The van der Waals surface area contributed by atoms with E-state index in [0.29, 0.717) is 17.2 Å². The molecule has 5 rings (SSSR count). The van der Waals surface area contributed by atoms with Crippen LogP contribution in [0.3, 0.4) is 0 Å². The number of thioether (sulfide) groups is 1. The molecule has 1 unspecified atom stereocenters. The van der Waals surface area contributed by atoms with E-state index in [-0.39, 0.29) is 17.5 Å². The van der Waals surface area contributed by atoms with Crippen LogP contribution in [-0.4, -0.2) is 17.7 Å². The lowest BCUT2D eigenvalue weighted by atomic mass is 10.0. The first-order chi connectivity index (χ1) is 21.9. The van der Waals surface area contributed by atoms with Crippen LogP contribution in [0.25, 0.3) is 6.08 Å². The van der Waals surface area contributed by atoms with Crippen molar-refractivity contribution in [3.63, 3.8) is 0 Å². The zero-order valence-electron chi connectivity index (χ0n) is 24.9. The standard InChI is InChI=1S/C37H33N3O3S2/c1-25(2)27-16-18-30(19-17-27)38-37(43)34(28-10-5-3-6-11-28)45-32-15-9-14-31(23-32)39-36(42)33(22-26-20-21-44-24-26)40-35(41)29-12-7-4-8-13-29/h3-25,34H,1-2H3,(H,38,43)(H,39,42)(H,40,41)/b33-22-. The molecule has 0 radical (unpaired) electrons. The van der Waals surface area contributed by atoms with E-state index in [1.54, 1.807) is 36.4 Å². The number of benzene rings is 4. The lowest BCUT2D eigenvalue weighted by Crippen LogP contribution is -2.30. The van der Waals surface area contributed by atoms with Crippen LogP contribution in [0.1, 0.15) is 52.1 Å². The van der Waals surface area contributed by atoms with E-state index in [1.807, 2.05) is 95.7 Å². The van der Waals surface area contributed by atoms with Crippen molar-refractivity contribution in [1.29, 1.82) is 0 Å². The van der Waals surface area contributed by atoms with Crippen LogP contribution in [0.4, 0.5) is 11.4 Å². The van der Waals surface area contributed by atoms with Gasteiger partial charge in [0.05, 0.1) is 0 Å². The summed E-state index contributed by atoms with van der Waals surface area (Å²) in [6.07, 6.45) is 1.65. The molecule has 0 aliphatic carbocycles. The van der Waals surface area contributed by atoms with Crippen molar-refractivity contribution >= 4 is 58.3 Å². The Bertz CT molecular complexity index is 1770. The molecule has 0 spiro atoms. The third-order valence-electron chi connectivity index (χ3n) is 6.91. The van der Waals surface area contributed by atoms with Gasteiger partial charge in [0.15, 0.2) is 0 Å². The van der Waals surface area contributed by atoms with E-state index in [2.05, 4.69) is 29.8 Å². The average molecular weight is 632 g/mol. The summed E-state index contributed by atoms with van der Waals surface area (Å²) in [6, 6.07) is 35.5. The van der Waals surface area contributed by atoms with Crippen LogP contribution in [0, 0.1) is 0 Å². The summed E-state index contributed by atoms with van der Waals surface area (Å²) in [5.74, 6) is -0.595. The number of carbonyl (C=O) groups is 3. The monoisotopic (exact) mass is 631 g/mol. The van der Waals surface area contributed by atoms with Crippen LogP contribution >= 0.6 is 23.1 Å². The van der Waals surface area contributed by atoms with Crippen LogP contribution < -0.4 is 16.0 Å². The van der Waals surface area contributed by atoms with Crippen LogP contribution in [0.15, 0.2) is 137 Å². The maximum atomic E-state index is 13.6. The molecule has 4 aromatic carbocycles. The number of hydrogen-bond acceptors (Lipinski definition) is 5. The average Bonchev–Trinajstić information content (AvgIpc) is 3.58. The fraction of sp³-hybridized carbons (Fsp3) is 0.108.